The molecule has 0 bridgehead atoms. The summed E-state index contributed by atoms with van der Waals surface area (Å²) in [5, 5.41) is 16.0. The van der Waals surface area contributed by atoms with Crippen molar-refractivity contribution in [1.29, 1.82) is 0 Å². The van der Waals surface area contributed by atoms with Gasteiger partial charge < -0.3 is 19.1 Å². The number of hydrogen-bond acceptors (Lipinski definition) is 5. The number of hydrogen-bond donors (Lipinski definition) is 1. The van der Waals surface area contributed by atoms with Crippen LogP contribution in [0, 0.1) is 0 Å². The average Bonchev–Trinajstić information content (AvgIpc) is 3.39. The molecule has 0 radical (unpaired) electrons. The van der Waals surface area contributed by atoms with Crippen LogP contribution in [-0.2, 0) is 22.5 Å². The summed E-state index contributed by atoms with van der Waals surface area (Å²) in [5.41, 5.74) is 0.911. The second kappa shape index (κ2) is 8.34. The molecule has 0 spiro atoms. The highest BCUT2D eigenvalue weighted by molar-refractivity contribution is 7.19. The van der Waals surface area contributed by atoms with E-state index in [4.69, 9.17) is 14.6 Å². The second-order valence-electron chi connectivity index (χ2n) is 6.54. The fraction of sp³-hybridized carbons (Fsp3) is 0.286. The maximum atomic E-state index is 11.1. The Morgan fingerprint density at radius 1 is 1.07 bits per heavy atom. The molecule has 0 saturated carbocycles. The van der Waals surface area contributed by atoms with E-state index in [1.807, 2.05) is 24.3 Å². The van der Waals surface area contributed by atoms with Gasteiger partial charge in [-0.05, 0) is 47.0 Å². The van der Waals surface area contributed by atoms with Crippen molar-refractivity contribution in [3.05, 3.63) is 52.7 Å². The third-order valence-electron chi connectivity index (χ3n) is 4.77. The van der Waals surface area contributed by atoms with Crippen molar-refractivity contribution < 1.29 is 19.4 Å². The molecular formula is C21H21NO4S2. The zero-order chi connectivity index (χ0) is 19.5. The van der Waals surface area contributed by atoms with E-state index in [9.17, 15) is 4.79 Å². The van der Waals surface area contributed by atoms with Crippen LogP contribution < -0.4 is 4.74 Å². The molecule has 1 atom stereocenters. The Hall–Kier alpha value is -2.35. The number of aliphatic carboxylic acids is 1. The van der Waals surface area contributed by atoms with E-state index in [1.165, 1.54) is 27.5 Å². The first-order valence-corrected chi connectivity index (χ1v) is 10.8. The van der Waals surface area contributed by atoms with Crippen molar-refractivity contribution in [2.75, 3.05) is 13.7 Å². The predicted octanol–water partition coefficient (Wildman–Crippen LogP) is 5.03. The number of carboxylic acids is 1. The van der Waals surface area contributed by atoms with Gasteiger partial charge >= 0.3 is 5.97 Å². The normalized spacial score (nSPS) is 12.6. The molecule has 5 nitrogen and oxygen atoms in total. The highest BCUT2D eigenvalue weighted by atomic mass is 32.1. The fourth-order valence-electron chi connectivity index (χ4n) is 3.35. The molecule has 0 fully saturated rings. The van der Waals surface area contributed by atoms with Crippen LogP contribution in [0.15, 0.2) is 47.2 Å². The number of nitrogens with zero attached hydrogens (tertiary/aromatic N) is 1. The van der Waals surface area contributed by atoms with Crippen molar-refractivity contribution in [2.45, 2.75) is 25.5 Å². The van der Waals surface area contributed by atoms with E-state index in [-0.39, 0.29) is 0 Å². The summed E-state index contributed by atoms with van der Waals surface area (Å²) < 4.78 is 13.2. The largest absolute Gasteiger partial charge is 0.494 e. The van der Waals surface area contributed by atoms with Gasteiger partial charge in [-0.1, -0.05) is 12.1 Å². The first-order valence-electron chi connectivity index (χ1n) is 9.07. The van der Waals surface area contributed by atoms with Gasteiger partial charge in [-0.15, -0.1) is 22.7 Å². The highest BCUT2D eigenvalue weighted by Gasteiger charge is 2.16. The number of carbonyl (C=O) groups is 1. The van der Waals surface area contributed by atoms with Crippen molar-refractivity contribution in [1.82, 2.24) is 4.57 Å². The second-order valence-corrected chi connectivity index (χ2v) is 8.33. The summed E-state index contributed by atoms with van der Waals surface area (Å²) in [6, 6.07) is 11.9. The summed E-state index contributed by atoms with van der Waals surface area (Å²) >= 11 is 3.57. The van der Waals surface area contributed by atoms with Crippen LogP contribution in [0.3, 0.4) is 0 Å². The molecule has 7 heteroatoms. The molecular weight excluding hydrogens is 394 g/mol. The van der Waals surface area contributed by atoms with Crippen LogP contribution in [0.2, 0.25) is 0 Å². The van der Waals surface area contributed by atoms with Crippen LogP contribution in [0.4, 0.5) is 0 Å². The zero-order valence-electron chi connectivity index (χ0n) is 15.5. The number of carboxylic acid groups (broad SMARTS) is 1. The van der Waals surface area contributed by atoms with Gasteiger partial charge in [0.1, 0.15) is 15.4 Å². The molecule has 3 heterocycles. The summed E-state index contributed by atoms with van der Waals surface area (Å²) in [5.74, 6) is -0.157. The minimum Gasteiger partial charge on any atom is -0.494 e. The lowest BCUT2D eigenvalue weighted by Gasteiger charge is -2.11. The lowest BCUT2D eigenvalue weighted by Crippen LogP contribution is -2.24. The minimum absolute atomic E-state index is 0.341. The third-order valence-corrected chi connectivity index (χ3v) is 6.64. The van der Waals surface area contributed by atoms with Gasteiger partial charge in [0.15, 0.2) is 6.10 Å². The Labute approximate surface area is 170 Å². The summed E-state index contributed by atoms with van der Waals surface area (Å²) in [6.45, 7) is 1.56. The van der Waals surface area contributed by atoms with Gasteiger partial charge in [0.05, 0.1) is 6.61 Å². The van der Waals surface area contributed by atoms with Crippen molar-refractivity contribution in [3.63, 3.8) is 0 Å². The Bertz CT molecular complexity index is 1030. The van der Waals surface area contributed by atoms with Crippen LogP contribution in [0.5, 0.6) is 5.75 Å². The Kier molecular flexibility index (Phi) is 5.66. The Morgan fingerprint density at radius 3 is 2.29 bits per heavy atom. The van der Waals surface area contributed by atoms with Gasteiger partial charge in [-0.25, -0.2) is 4.79 Å². The summed E-state index contributed by atoms with van der Waals surface area (Å²) in [6.07, 6.45) is 0.436. The van der Waals surface area contributed by atoms with E-state index in [1.54, 1.807) is 22.7 Å². The summed E-state index contributed by atoms with van der Waals surface area (Å²) in [7, 11) is 1.41. The number of rotatable bonds is 9. The molecule has 1 aromatic carbocycles. The summed E-state index contributed by atoms with van der Waals surface area (Å²) in [4.78, 5) is 13.7. The van der Waals surface area contributed by atoms with Crippen LogP contribution >= 0.6 is 22.7 Å². The average molecular weight is 416 g/mol. The smallest absolute Gasteiger partial charge is 0.333 e. The van der Waals surface area contributed by atoms with Crippen LogP contribution in [0.1, 0.15) is 12.0 Å². The van der Waals surface area contributed by atoms with E-state index < -0.39 is 12.1 Å². The van der Waals surface area contributed by atoms with Crippen molar-refractivity contribution >= 4 is 49.1 Å². The third kappa shape index (κ3) is 3.78. The molecule has 146 valence electrons. The van der Waals surface area contributed by atoms with E-state index in [0.717, 1.165) is 24.3 Å². The number of benzene rings is 1. The standard InChI is InChI=1S/C21H21NO4S2/c1-25-18(21(23)24)13-14-3-5-15(6-4-14)26-10-2-9-22-19-16(7-11-27-19)17-8-12-28-20(17)22/h3-8,11-12,18H,2,9-10,13H2,1H3,(H,23,24). The lowest BCUT2D eigenvalue weighted by atomic mass is 10.1. The Morgan fingerprint density at radius 2 is 1.71 bits per heavy atom. The highest BCUT2D eigenvalue weighted by Crippen LogP contribution is 2.35. The SMILES string of the molecule is COC(Cc1ccc(OCCCn2c3sccc3c3ccsc32)cc1)C(=O)O. The molecule has 0 aliphatic rings. The predicted molar refractivity (Wildman–Crippen MR) is 114 cm³/mol. The molecule has 0 amide bonds. The molecule has 0 aliphatic carbocycles. The maximum absolute atomic E-state index is 11.1. The van der Waals surface area contributed by atoms with Crippen molar-refractivity contribution in [3.8, 4) is 5.75 Å². The van der Waals surface area contributed by atoms with Gasteiger partial charge in [0, 0.05) is 30.8 Å². The molecule has 0 saturated heterocycles. The molecule has 0 aliphatic heterocycles. The number of ether oxygens (including phenoxy) is 2. The van der Waals surface area contributed by atoms with E-state index in [0.29, 0.717) is 13.0 Å². The fourth-order valence-corrected chi connectivity index (χ4v) is 5.30. The molecule has 1 N–H and O–H groups in total. The van der Waals surface area contributed by atoms with Gasteiger partial charge in [-0.3, -0.25) is 0 Å². The zero-order valence-corrected chi connectivity index (χ0v) is 17.1. The number of fused-ring (bicyclic) bond motifs is 3. The molecule has 1 unspecified atom stereocenters. The first kappa shape index (κ1) is 19.0. The van der Waals surface area contributed by atoms with Gasteiger partial charge in [0.25, 0.3) is 0 Å². The van der Waals surface area contributed by atoms with Crippen molar-refractivity contribution in [2.24, 2.45) is 0 Å². The molecule has 4 rings (SSSR count). The molecule has 4 aromatic rings. The monoisotopic (exact) mass is 415 g/mol. The van der Waals surface area contributed by atoms with E-state index in [2.05, 4.69) is 27.5 Å². The number of methoxy groups -OCH3 is 1. The van der Waals surface area contributed by atoms with E-state index >= 15 is 0 Å². The maximum Gasteiger partial charge on any atom is 0.333 e. The molecule has 3 aromatic heterocycles. The lowest BCUT2D eigenvalue weighted by molar-refractivity contribution is -0.148. The van der Waals surface area contributed by atoms with Crippen LogP contribution in [-0.4, -0.2) is 35.5 Å². The number of aromatic nitrogens is 1. The van der Waals surface area contributed by atoms with Gasteiger partial charge in [0.2, 0.25) is 0 Å². The Balaban J connectivity index is 1.32. The number of aryl methyl sites for hydroxylation is 1. The number of thiophene rings is 2. The first-order chi connectivity index (χ1) is 13.7. The van der Waals surface area contributed by atoms with Gasteiger partial charge in [-0.2, -0.15) is 0 Å². The topological polar surface area (TPSA) is 60.7 Å². The van der Waals surface area contributed by atoms with Crippen LogP contribution in [0.25, 0.3) is 20.4 Å². The minimum atomic E-state index is -0.951. The quantitative estimate of drug-likeness (QED) is 0.390. The molecule has 28 heavy (non-hydrogen) atoms.